The number of likely N-dealkylation sites (N-methyl/N-ethyl adjacent to an activating group) is 1. The number of amides is 2. The summed E-state index contributed by atoms with van der Waals surface area (Å²) >= 11 is 0. The van der Waals surface area contributed by atoms with E-state index in [9.17, 15) is 19.2 Å². The minimum atomic E-state index is -0.677. The van der Waals surface area contributed by atoms with E-state index < -0.39 is 5.97 Å². The molecule has 0 bridgehead atoms. The van der Waals surface area contributed by atoms with E-state index in [1.54, 1.807) is 11.9 Å². The molecule has 1 aromatic carbocycles. The Hall–Kier alpha value is -3.38. The Morgan fingerprint density at radius 2 is 1.49 bits per heavy atom. The Kier molecular flexibility index (Phi) is 18.6. The van der Waals surface area contributed by atoms with Crippen LogP contribution in [0.25, 0.3) is 0 Å². The van der Waals surface area contributed by atoms with Crippen LogP contribution >= 0.6 is 0 Å². The molecule has 0 aromatic heterocycles. The number of Topliss-reactive ketones (excluding diaryl/α,β-unsaturated/α-hetero) is 1. The minimum Gasteiger partial charge on any atom is -0.480 e. The third kappa shape index (κ3) is 15.3. The number of esters is 1. The van der Waals surface area contributed by atoms with Crippen molar-refractivity contribution >= 4 is 23.6 Å². The van der Waals surface area contributed by atoms with Gasteiger partial charge in [0.1, 0.15) is 6.61 Å². The summed E-state index contributed by atoms with van der Waals surface area (Å²) in [4.78, 5) is 50.7. The van der Waals surface area contributed by atoms with Crippen molar-refractivity contribution in [3.8, 4) is 17.2 Å². The molecule has 12 nitrogen and oxygen atoms in total. The summed E-state index contributed by atoms with van der Waals surface area (Å²) in [7, 11) is 4.82. The van der Waals surface area contributed by atoms with E-state index >= 15 is 0 Å². The van der Waals surface area contributed by atoms with Crippen molar-refractivity contribution in [2.45, 2.75) is 52.4 Å². The van der Waals surface area contributed by atoms with Crippen LogP contribution in [0, 0.1) is 0 Å². The molecule has 0 fully saturated rings. The summed E-state index contributed by atoms with van der Waals surface area (Å²) in [5.41, 5.74) is 0.0671. The Bertz CT molecular complexity index is 957. The van der Waals surface area contributed by atoms with Crippen LogP contribution in [0.2, 0.25) is 0 Å². The van der Waals surface area contributed by atoms with Crippen molar-refractivity contribution in [3.63, 3.8) is 0 Å². The third-order valence-electron chi connectivity index (χ3n) is 5.95. The van der Waals surface area contributed by atoms with E-state index in [4.69, 9.17) is 18.9 Å². The first-order chi connectivity index (χ1) is 19.7. The highest BCUT2D eigenvalue weighted by atomic mass is 16.5. The molecule has 0 atom stereocenters. The zero-order valence-corrected chi connectivity index (χ0v) is 25.3. The molecule has 0 aliphatic heterocycles. The molecule has 1 aromatic rings. The van der Waals surface area contributed by atoms with Crippen molar-refractivity contribution in [2.24, 2.45) is 0 Å². The Labute approximate surface area is 243 Å². The molecule has 0 saturated carbocycles. The number of ketones is 1. The molecule has 2 amide bonds. The number of nitrogens with zero attached hydrogens (tertiary/aromatic N) is 1. The van der Waals surface area contributed by atoms with Gasteiger partial charge in [-0.3, -0.25) is 14.4 Å². The fourth-order valence-electron chi connectivity index (χ4n) is 3.66. The number of benzene rings is 1. The smallest absolute Gasteiger partial charge is 0.338 e. The number of rotatable bonds is 23. The van der Waals surface area contributed by atoms with E-state index in [1.165, 1.54) is 26.2 Å². The molecule has 232 valence electrons. The highest BCUT2D eigenvalue weighted by molar-refractivity contribution is 5.91. The first-order valence-electron chi connectivity index (χ1n) is 14.2. The first-order valence-corrected chi connectivity index (χ1v) is 14.2. The van der Waals surface area contributed by atoms with Gasteiger partial charge in [-0.2, -0.15) is 0 Å². The van der Waals surface area contributed by atoms with Crippen molar-refractivity contribution < 1.29 is 38.1 Å². The van der Waals surface area contributed by atoms with Gasteiger partial charge in [-0.05, 0) is 71.4 Å². The summed E-state index contributed by atoms with van der Waals surface area (Å²) in [5, 5.41) is 9.20. The predicted molar refractivity (Wildman–Crippen MR) is 156 cm³/mol. The predicted octanol–water partition coefficient (Wildman–Crippen LogP) is 1.94. The lowest BCUT2D eigenvalue weighted by Gasteiger charge is -2.20. The van der Waals surface area contributed by atoms with Crippen LogP contribution in [0.15, 0.2) is 12.1 Å². The van der Waals surface area contributed by atoms with Crippen LogP contribution in [0.1, 0.15) is 62.7 Å². The van der Waals surface area contributed by atoms with E-state index in [0.29, 0.717) is 13.1 Å². The second-order valence-electron chi connectivity index (χ2n) is 9.65. The maximum atomic E-state index is 12.7. The Morgan fingerprint density at radius 3 is 2.10 bits per heavy atom. The van der Waals surface area contributed by atoms with Crippen molar-refractivity contribution in [2.75, 3.05) is 73.7 Å². The standard InChI is InChI=1S/C29H48N4O8/c1-6-12-31-14-11-16-33(4)27(36)21-40-25-18-23(29(37)38-5)17-24(28(25)41-19-22(2)34)39-20-26(35)32-15-10-8-7-9-13-30-3/h17-18,30-31H,6-16,19-21H2,1-5H3,(H,32,35). The Morgan fingerprint density at radius 1 is 0.829 bits per heavy atom. The van der Waals surface area contributed by atoms with Gasteiger partial charge >= 0.3 is 5.97 Å². The lowest BCUT2D eigenvalue weighted by Crippen LogP contribution is -2.33. The number of ether oxygens (including phenoxy) is 4. The lowest BCUT2D eigenvalue weighted by molar-refractivity contribution is -0.132. The molecular formula is C29H48N4O8. The van der Waals surface area contributed by atoms with Crippen LogP contribution in [0.3, 0.4) is 0 Å². The second-order valence-corrected chi connectivity index (χ2v) is 9.65. The zero-order chi connectivity index (χ0) is 30.5. The second kappa shape index (κ2) is 21.4. The van der Waals surface area contributed by atoms with Gasteiger partial charge in [-0.25, -0.2) is 4.79 Å². The molecule has 3 N–H and O–H groups in total. The number of hydrogen-bond donors (Lipinski definition) is 3. The van der Waals surface area contributed by atoms with Gasteiger partial charge in [0.15, 0.2) is 30.5 Å². The van der Waals surface area contributed by atoms with E-state index in [2.05, 4.69) is 22.9 Å². The maximum Gasteiger partial charge on any atom is 0.338 e. The molecular weight excluding hydrogens is 532 g/mol. The fraction of sp³-hybridized carbons (Fsp3) is 0.655. The van der Waals surface area contributed by atoms with Gasteiger partial charge in [0, 0.05) is 20.1 Å². The van der Waals surface area contributed by atoms with Crippen LogP contribution in [-0.4, -0.2) is 102 Å². The highest BCUT2D eigenvalue weighted by Crippen LogP contribution is 2.39. The average Bonchev–Trinajstić information content (AvgIpc) is 2.96. The molecule has 0 aliphatic carbocycles. The molecule has 0 unspecified atom stereocenters. The molecule has 41 heavy (non-hydrogen) atoms. The van der Waals surface area contributed by atoms with Crippen molar-refractivity contribution in [3.05, 3.63) is 17.7 Å². The zero-order valence-electron chi connectivity index (χ0n) is 25.3. The summed E-state index contributed by atoms with van der Waals surface area (Å²) in [5.74, 6) is -1.55. The number of nitrogens with one attached hydrogen (secondary N) is 3. The molecule has 12 heteroatoms. The fourth-order valence-corrected chi connectivity index (χ4v) is 3.66. The summed E-state index contributed by atoms with van der Waals surface area (Å²) in [6, 6.07) is 2.70. The maximum absolute atomic E-state index is 12.7. The van der Waals surface area contributed by atoms with Crippen LogP contribution < -0.4 is 30.2 Å². The lowest BCUT2D eigenvalue weighted by atomic mass is 10.2. The van der Waals surface area contributed by atoms with Crippen LogP contribution in [0.5, 0.6) is 17.2 Å². The summed E-state index contributed by atoms with van der Waals surface area (Å²) in [6.45, 7) is 6.17. The van der Waals surface area contributed by atoms with Gasteiger partial charge in [-0.15, -0.1) is 0 Å². The quantitative estimate of drug-likeness (QED) is 0.130. The van der Waals surface area contributed by atoms with Crippen LogP contribution in [0.4, 0.5) is 0 Å². The van der Waals surface area contributed by atoms with Gasteiger partial charge in [0.05, 0.1) is 12.7 Å². The first kappa shape index (κ1) is 35.6. The normalized spacial score (nSPS) is 10.6. The number of unbranched alkanes of at least 4 members (excludes halogenated alkanes) is 3. The molecule has 1 rings (SSSR count). The largest absolute Gasteiger partial charge is 0.480 e. The van der Waals surface area contributed by atoms with Crippen molar-refractivity contribution in [1.82, 2.24) is 20.9 Å². The molecule has 0 spiro atoms. The minimum absolute atomic E-state index is 0.00408. The van der Waals surface area contributed by atoms with E-state index in [1.807, 2.05) is 7.05 Å². The molecule has 0 aliphatic rings. The van der Waals surface area contributed by atoms with Gasteiger partial charge < -0.3 is 39.8 Å². The Balaban J connectivity index is 2.94. The summed E-state index contributed by atoms with van der Waals surface area (Å²) < 4.78 is 22.0. The SMILES string of the molecule is CCCNCCCN(C)C(=O)COc1cc(C(=O)OC)cc(OCC(=O)NCCCCCCNC)c1OCC(C)=O. The number of carbonyl (C=O) groups is 4. The monoisotopic (exact) mass is 580 g/mol. The summed E-state index contributed by atoms with van der Waals surface area (Å²) in [6.07, 6.45) is 5.81. The van der Waals surface area contributed by atoms with Gasteiger partial charge in [0.2, 0.25) is 5.75 Å². The third-order valence-corrected chi connectivity index (χ3v) is 5.95. The molecule has 0 saturated heterocycles. The number of carbonyl (C=O) groups excluding carboxylic acids is 4. The van der Waals surface area contributed by atoms with E-state index in [-0.39, 0.29) is 60.2 Å². The van der Waals surface area contributed by atoms with Gasteiger partial charge in [-0.1, -0.05) is 19.8 Å². The highest BCUT2D eigenvalue weighted by Gasteiger charge is 2.22. The molecule has 0 heterocycles. The average molecular weight is 581 g/mol. The molecule has 0 radical (unpaired) electrons. The topological polar surface area (TPSA) is 145 Å². The van der Waals surface area contributed by atoms with Crippen molar-refractivity contribution in [1.29, 1.82) is 0 Å². The number of hydrogen-bond acceptors (Lipinski definition) is 10. The van der Waals surface area contributed by atoms with E-state index in [0.717, 1.165) is 58.2 Å². The van der Waals surface area contributed by atoms with Crippen LogP contribution in [-0.2, 0) is 19.1 Å². The number of methoxy groups -OCH3 is 1. The van der Waals surface area contributed by atoms with Gasteiger partial charge in [0.25, 0.3) is 11.8 Å².